The van der Waals surface area contributed by atoms with Gasteiger partial charge in [-0.25, -0.2) is 0 Å². The highest BCUT2D eigenvalue weighted by molar-refractivity contribution is 7.98. The van der Waals surface area contributed by atoms with E-state index >= 15 is 0 Å². The van der Waals surface area contributed by atoms with Crippen molar-refractivity contribution >= 4 is 11.8 Å². The van der Waals surface area contributed by atoms with Gasteiger partial charge >= 0.3 is 0 Å². The Bertz CT molecular complexity index is 1040. The van der Waals surface area contributed by atoms with Crippen LogP contribution in [0.2, 0.25) is 0 Å². The molecule has 0 amide bonds. The second-order valence-corrected chi connectivity index (χ2v) is 6.87. The normalized spacial score (nSPS) is 10.9. The van der Waals surface area contributed by atoms with Crippen LogP contribution in [0.15, 0.2) is 70.3 Å². The van der Waals surface area contributed by atoms with Crippen molar-refractivity contribution in [2.45, 2.75) is 17.8 Å². The Morgan fingerprint density at radius 1 is 1.04 bits per heavy atom. The summed E-state index contributed by atoms with van der Waals surface area (Å²) < 4.78 is 12.7. The van der Waals surface area contributed by atoms with Crippen LogP contribution in [-0.4, -0.2) is 27.0 Å². The maximum atomic E-state index is 5.35. The third-order valence-corrected chi connectivity index (χ3v) is 4.95. The number of aromatic nitrogens is 4. The molecular weight excluding hydrogens is 360 g/mol. The van der Waals surface area contributed by atoms with Gasteiger partial charge in [0.2, 0.25) is 0 Å². The molecule has 7 heteroatoms. The molecule has 6 nitrogen and oxygen atoms in total. The first kappa shape index (κ1) is 17.4. The van der Waals surface area contributed by atoms with Crippen LogP contribution in [0.1, 0.15) is 11.5 Å². The molecule has 2 heterocycles. The van der Waals surface area contributed by atoms with E-state index < -0.39 is 0 Å². The number of hydrogen-bond acceptors (Lipinski definition) is 6. The molecule has 2 aromatic heterocycles. The number of ether oxygens (including phenoxy) is 1. The largest absolute Gasteiger partial charge is 0.497 e. The maximum absolute atomic E-state index is 5.35. The minimum atomic E-state index is 0.629. The molecule has 0 radical (unpaired) electrons. The number of methoxy groups -OCH3 is 1. The van der Waals surface area contributed by atoms with Crippen LogP contribution in [0, 0.1) is 6.92 Å². The molecule has 27 heavy (non-hydrogen) atoms. The molecule has 0 atom stereocenters. The first-order valence-electron chi connectivity index (χ1n) is 8.45. The molecule has 2 aromatic carbocycles. The SMILES string of the molecule is COc1cccc(-c2nnc(SCc3cc(C)no3)n2-c2ccccc2)c1. The van der Waals surface area contributed by atoms with E-state index in [1.807, 2.05) is 72.2 Å². The standard InChI is InChI=1S/C20H18N4O2S/c1-14-11-18(26-23-14)13-27-20-22-21-19(15-7-6-10-17(12-15)25-2)24(20)16-8-4-3-5-9-16/h3-12H,13H2,1-2H3. The van der Waals surface area contributed by atoms with Crippen LogP contribution < -0.4 is 4.74 Å². The molecule has 0 fully saturated rings. The summed E-state index contributed by atoms with van der Waals surface area (Å²) in [6.45, 7) is 1.91. The van der Waals surface area contributed by atoms with Crippen molar-refractivity contribution in [1.82, 2.24) is 19.9 Å². The summed E-state index contributed by atoms with van der Waals surface area (Å²) in [6.07, 6.45) is 0. The van der Waals surface area contributed by atoms with Gasteiger partial charge in [0.25, 0.3) is 0 Å². The van der Waals surface area contributed by atoms with E-state index in [9.17, 15) is 0 Å². The predicted octanol–water partition coefficient (Wildman–Crippen LogP) is 4.53. The molecule has 0 aliphatic carbocycles. The fourth-order valence-electron chi connectivity index (χ4n) is 2.74. The topological polar surface area (TPSA) is 66.0 Å². The monoisotopic (exact) mass is 378 g/mol. The summed E-state index contributed by atoms with van der Waals surface area (Å²) in [5.74, 6) is 2.98. The van der Waals surface area contributed by atoms with E-state index in [1.165, 1.54) is 0 Å². The lowest BCUT2D eigenvalue weighted by Gasteiger charge is -2.10. The van der Waals surface area contributed by atoms with Crippen molar-refractivity contribution in [3.05, 3.63) is 72.1 Å². The maximum Gasteiger partial charge on any atom is 0.196 e. The molecule has 0 unspecified atom stereocenters. The lowest BCUT2D eigenvalue weighted by molar-refractivity contribution is 0.391. The molecule has 0 aliphatic heterocycles. The molecular formula is C20H18N4O2S. The van der Waals surface area contributed by atoms with Gasteiger partial charge in [-0.05, 0) is 31.2 Å². The Morgan fingerprint density at radius 2 is 1.89 bits per heavy atom. The van der Waals surface area contributed by atoms with Gasteiger partial charge in [-0.3, -0.25) is 4.57 Å². The summed E-state index contributed by atoms with van der Waals surface area (Å²) in [6, 6.07) is 19.8. The van der Waals surface area contributed by atoms with Crippen molar-refractivity contribution in [2.75, 3.05) is 7.11 Å². The van der Waals surface area contributed by atoms with E-state index in [0.29, 0.717) is 5.75 Å². The molecule has 0 bridgehead atoms. The van der Waals surface area contributed by atoms with Gasteiger partial charge in [0.1, 0.15) is 11.5 Å². The highest BCUT2D eigenvalue weighted by Crippen LogP contribution is 2.31. The molecule has 0 spiro atoms. The average Bonchev–Trinajstić information content (AvgIpc) is 3.33. The number of nitrogens with zero attached hydrogens (tertiary/aromatic N) is 4. The van der Waals surface area contributed by atoms with E-state index in [4.69, 9.17) is 9.26 Å². The van der Waals surface area contributed by atoms with Gasteiger partial charge in [0.15, 0.2) is 11.0 Å². The first-order chi connectivity index (χ1) is 13.2. The van der Waals surface area contributed by atoms with Crippen LogP contribution in [0.25, 0.3) is 17.1 Å². The lowest BCUT2D eigenvalue weighted by Crippen LogP contribution is -1.99. The van der Waals surface area contributed by atoms with E-state index in [2.05, 4.69) is 15.4 Å². The van der Waals surface area contributed by atoms with E-state index in [0.717, 1.165) is 39.4 Å². The number of benzene rings is 2. The number of para-hydroxylation sites is 1. The van der Waals surface area contributed by atoms with Gasteiger partial charge in [-0.1, -0.05) is 47.3 Å². The number of aryl methyl sites for hydroxylation is 1. The number of thioether (sulfide) groups is 1. The predicted molar refractivity (Wildman–Crippen MR) is 104 cm³/mol. The van der Waals surface area contributed by atoms with Crippen molar-refractivity contribution in [3.8, 4) is 22.8 Å². The number of rotatable bonds is 6. The van der Waals surface area contributed by atoms with Gasteiger partial charge < -0.3 is 9.26 Å². The fourth-order valence-corrected chi connectivity index (χ4v) is 3.57. The quantitative estimate of drug-likeness (QED) is 0.459. The van der Waals surface area contributed by atoms with Crippen molar-refractivity contribution < 1.29 is 9.26 Å². The van der Waals surface area contributed by atoms with Crippen molar-refractivity contribution in [1.29, 1.82) is 0 Å². The van der Waals surface area contributed by atoms with Crippen LogP contribution in [-0.2, 0) is 5.75 Å². The molecule has 0 N–H and O–H groups in total. The van der Waals surface area contributed by atoms with Gasteiger partial charge in [0.05, 0.1) is 18.6 Å². The molecule has 0 aliphatic rings. The summed E-state index contributed by atoms with van der Waals surface area (Å²) in [7, 11) is 1.65. The summed E-state index contributed by atoms with van der Waals surface area (Å²) in [4.78, 5) is 0. The Balaban J connectivity index is 1.74. The van der Waals surface area contributed by atoms with Crippen LogP contribution in [0.3, 0.4) is 0 Å². The van der Waals surface area contributed by atoms with Gasteiger partial charge in [0, 0.05) is 17.3 Å². The Hall–Kier alpha value is -3.06. The van der Waals surface area contributed by atoms with Gasteiger partial charge in [-0.2, -0.15) is 0 Å². The third-order valence-electron chi connectivity index (χ3n) is 4.00. The van der Waals surface area contributed by atoms with E-state index in [-0.39, 0.29) is 0 Å². The molecule has 0 saturated heterocycles. The van der Waals surface area contributed by atoms with Crippen molar-refractivity contribution in [3.63, 3.8) is 0 Å². The lowest BCUT2D eigenvalue weighted by atomic mass is 10.2. The Labute approximate surface area is 161 Å². The molecule has 136 valence electrons. The third kappa shape index (κ3) is 3.73. The minimum Gasteiger partial charge on any atom is -0.497 e. The van der Waals surface area contributed by atoms with Crippen LogP contribution in [0.5, 0.6) is 5.75 Å². The molecule has 0 saturated carbocycles. The summed E-state index contributed by atoms with van der Waals surface area (Å²) in [5.41, 5.74) is 2.80. The Morgan fingerprint density at radius 3 is 2.63 bits per heavy atom. The van der Waals surface area contributed by atoms with Crippen LogP contribution in [0.4, 0.5) is 0 Å². The fraction of sp³-hybridized carbons (Fsp3) is 0.150. The van der Waals surface area contributed by atoms with Crippen molar-refractivity contribution in [2.24, 2.45) is 0 Å². The molecule has 4 rings (SSSR count). The second-order valence-electron chi connectivity index (χ2n) is 5.93. The smallest absolute Gasteiger partial charge is 0.196 e. The van der Waals surface area contributed by atoms with E-state index in [1.54, 1.807) is 18.9 Å². The zero-order valence-electron chi connectivity index (χ0n) is 15.0. The van der Waals surface area contributed by atoms with Crippen LogP contribution >= 0.6 is 11.8 Å². The second kappa shape index (κ2) is 7.67. The highest BCUT2D eigenvalue weighted by atomic mass is 32.2. The first-order valence-corrected chi connectivity index (χ1v) is 9.43. The summed E-state index contributed by atoms with van der Waals surface area (Å²) in [5, 5.41) is 13.6. The number of hydrogen-bond donors (Lipinski definition) is 0. The average molecular weight is 378 g/mol. The zero-order chi connectivity index (χ0) is 18.6. The Kier molecular flexibility index (Phi) is 4.93. The summed E-state index contributed by atoms with van der Waals surface area (Å²) >= 11 is 1.56. The highest BCUT2D eigenvalue weighted by Gasteiger charge is 2.17. The van der Waals surface area contributed by atoms with Gasteiger partial charge in [-0.15, -0.1) is 10.2 Å². The molecule has 4 aromatic rings. The minimum absolute atomic E-state index is 0.629. The zero-order valence-corrected chi connectivity index (χ0v) is 15.8.